The SMILES string of the molecule is COc1cccc(-c2nn(C(C)(C)C)c(N)c2C(N)=O)c1. The maximum absolute atomic E-state index is 11.8. The van der Waals surface area contributed by atoms with Crippen molar-refractivity contribution >= 4 is 11.7 Å². The molecule has 1 heterocycles. The summed E-state index contributed by atoms with van der Waals surface area (Å²) >= 11 is 0. The first-order valence-corrected chi connectivity index (χ1v) is 6.59. The third-order valence-corrected chi connectivity index (χ3v) is 3.15. The van der Waals surface area contributed by atoms with Gasteiger partial charge in [-0.2, -0.15) is 5.10 Å². The van der Waals surface area contributed by atoms with Gasteiger partial charge in [-0.3, -0.25) is 4.79 Å². The molecule has 21 heavy (non-hydrogen) atoms. The first kappa shape index (κ1) is 14.9. The van der Waals surface area contributed by atoms with Crippen LogP contribution in [0.2, 0.25) is 0 Å². The summed E-state index contributed by atoms with van der Waals surface area (Å²) in [5.41, 5.74) is 12.6. The molecule has 1 amide bonds. The van der Waals surface area contributed by atoms with E-state index in [0.717, 1.165) is 5.56 Å². The highest BCUT2D eigenvalue weighted by Gasteiger charge is 2.26. The normalized spacial score (nSPS) is 11.4. The second kappa shape index (κ2) is 5.12. The first-order chi connectivity index (χ1) is 9.75. The number of carbonyl (C=O) groups is 1. The number of benzene rings is 1. The minimum Gasteiger partial charge on any atom is -0.497 e. The molecule has 4 N–H and O–H groups in total. The number of anilines is 1. The van der Waals surface area contributed by atoms with Gasteiger partial charge in [0.1, 0.15) is 22.8 Å². The Kier molecular flexibility index (Phi) is 3.63. The van der Waals surface area contributed by atoms with Gasteiger partial charge in [-0.15, -0.1) is 0 Å². The van der Waals surface area contributed by atoms with Crippen LogP contribution in [-0.4, -0.2) is 22.8 Å². The molecule has 0 saturated heterocycles. The van der Waals surface area contributed by atoms with Crippen molar-refractivity contribution in [2.75, 3.05) is 12.8 Å². The van der Waals surface area contributed by atoms with Crippen molar-refractivity contribution < 1.29 is 9.53 Å². The average molecular weight is 288 g/mol. The van der Waals surface area contributed by atoms with Gasteiger partial charge in [-0.25, -0.2) is 4.68 Å². The van der Waals surface area contributed by atoms with Gasteiger partial charge in [0.05, 0.1) is 12.6 Å². The molecule has 0 aliphatic heterocycles. The van der Waals surface area contributed by atoms with Gasteiger partial charge >= 0.3 is 0 Å². The van der Waals surface area contributed by atoms with E-state index in [1.54, 1.807) is 17.9 Å². The van der Waals surface area contributed by atoms with Gasteiger partial charge in [-0.1, -0.05) is 12.1 Å². The monoisotopic (exact) mass is 288 g/mol. The molecule has 2 rings (SSSR count). The second-order valence-corrected chi connectivity index (χ2v) is 5.79. The Morgan fingerprint density at radius 2 is 2.00 bits per heavy atom. The highest BCUT2D eigenvalue weighted by atomic mass is 16.5. The Morgan fingerprint density at radius 1 is 1.33 bits per heavy atom. The summed E-state index contributed by atoms with van der Waals surface area (Å²) in [6.07, 6.45) is 0. The van der Waals surface area contributed by atoms with Crippen LogP contribution in [0.1, 0.15) is 31.1 Å². The number of nitrogens with two attached hydrogens (primary N) is 2. The number of amides is 1. The number of rotatable bonds is 3. The van der Waals surface area contributed by atoms with Gasteiger partial charge in [0, 0.05) is 5.56 Å². The van der Waals surface area contributed by atoms with Crippen molar-refractivity contribution in [1.29, 1.82) is 0 Å². The number of hydrogen-bond acceptors (Lipinski definition) is 4. The van der Waals surface area contributed by atoms with E-state index in [2.05, 4.69) is 5.10 Å². The zero-order valence-corrected chi connectivity index (χ0v) is 12.7. The van der Waals surface area contributed by atoms with Crippen LogP contribution >= 0.6 is 0 Å². The summed E-state index contributed by atoms with van der Waals surface area (Å²) < 4.78 is 6.81. The molecule has 0 unspecified atom stereocenters. The van der Waals surface area contributed by atoms with Gasteiger partial charge in [0.2, 0.25) is 0 Å². The Balaban J connectivity index is 2.70. The molecular formula is C15H20N4O2. The van der Waals surface area contributed by atoms with Crippen LogP contribution in [0, 0.1) is 0 Å². The number of nitrogen functional groups attached to an aromatic ring is 1. The summed E-state index contributed by atoms with van der Waals surface area (Å²) in [7, 11) is 1.58. The summed E-state index contributed by atoms with van der Waals surface area (Å²) in [6.45, 7) is 5.86. The lowest BCUT2D eigenvalue weighted by atomic mass is 10.1. The summed E-state index contributed by atoms with van der Waals surface area (Å²) in [4.78, 5) is 11.8. The molecule has 0 bridgehead atoms. The van der Waals surface area contributed by atoms with E-state index in [4.69, 9.17) is 16.2 Å². The molecule has 6 nitrogen and oxygen atoms in total. The standard InChI is InChI=1S/C15H20N4O2/c1-15(2,3)19-13(16)11(14(17)20)12(18-19)9-6-5-7-10(8-9)21-4/h5-8H,16H2,1-4H3,(H2,17,20). The van der Waals surface area contributed by atoms with Crippen LogP contribution in [-0.2, 0) is 5.54 Å². The highest BCUT2D eigenvalue weighted by molar-refractivity contribution is 6.03. The summed E-state index contributed by atoms with van der Waals surface area (Å²) in [5.74, 6) is 0.348. The molecule has 0 spiro atoms. The lowest BCUT2D eigenvalue weighted by molar-refractivity contribution is 0.100. The Bertz CT molecular complexity index is 683. The van der Waals surface area contributed by atoms with Crippen molar-refractivity contribution in [2.24, 2.45) is 5.73 Å². The summed E-state index contributed by atoms with van der Waals surface area (Å²) in [5, 5.41) is 4.48. The largest absolute Gasteiger partial charge is 0.497 e. The topological polar surface area (TPSA) is 96.2 Å². The number of methoxy groups -OCH3 is 1. The fraction of sp³-hybridized carbons (Fsp3) is 0.333. The predicted octanol–water partition coefficient (Wildman–Crippen LogP) is 1.99. The number of ether oxygens (including phenoxy) is 1. The number of nitrogens with zero attached hydrogens (tertiary/aromatic N) is 2. The van der Waals surface area contributed by atoms with Crippen LogP contribution in [0.15, 0.2) is 24.3 Å². The average Bonchev–Trinajstić information content (AvgIpc) is 2.76. The maximum atomic E-state index is 11.8. The molecule has 0 radical (unpaired) electrons. The van der Waals surface area contributed by atoms with Crippen molar-refractivity contribution in [3.8, 4) is 17.0 Å². The maximum Gasteiger partial charge on any atom is 0.254 e. The van der Waals surface area contributed by atoms with Crippen molar-refractivity contribution in [2.45, 2.75) is 26.3 Å². The fourth-order valence-electron chi connectivity index (χ4n) is 2.16. The van der Waals surface area contributed by atoms with Crippen LogP contribution in [0.3, 0.4) is 0 Å². The van der Waals surface area contributed by atoms with Crippen molar-refractivity contribution in [3.05, 3.63) is 29.8 Å². The van der Waals surface area contributed by atoms with Crippen LogP contribution in [0.4, 0.5) is 5.82 Å². The van der Waals surface area contributed by atoms with Crippen LogP contribution in [0.25, 0.3) is 11.3 Å². The lowest BCUT2D eigenvalue weighted by Gasteiger charge is -2.20. The minimum atomic E-state index is -0.596. The Hall–Kier alpha value is -2.50. The highest BCUT2D eigenvalue weighted by Crippen LogP contribution is 2.32. The van der Waals surface area contributed by atoms with E-state index in [9.17, 15) is 4.79 Å². The number of hydrogen-bond donors (Lipinski definition) is 2. The molecule has 6 heteroatoms. The smallest absolute Gasteiger partial charge is 0.254 e. The Labute approximate surface area is 123 Å². The minimum absolute atomic E-state index is 0.234. The quantitative estimate of drug-likeness (QED) is 0.902. The molecule has 0 saturated carbocycles. The van der Waals surface area contributed by atoms with Crippen LogP contribution in [0.5, 0.6) is 5.75 Å². The third kappa shape index (κ3) is 2.69. The van der Waals surface area contributed by atoms with E-state index in [1.165, 1.54) is 0 Å². The van der Waals surface area contributed by atoms with Gasteiger partial charge in [-0.05, 0) is 32.9 Å². The van der Waals surface area contributed by atoms with Crippen LogP contribution < -0.4 is 16.2 Å². The molecule has 1 aromatic heterocycles. The molecular weight excluding hydrogens is 268 g/mol. The molecule has 2 aromatic rings. The molecule has 112 valence electrons. The zero-order valence-electron chi connectivity index (χ0n) is 12.7. The lowest BCUT2D eigenvalue weighted by Crippen LogP contribution is -2.25. The predicted molar refractivity (Wildman–Crippen MR) is 82.1 cm³/mol. The van der Waals surface area contributed by atoms with Gasteiger partial charge in [0.25, 0.3) is 5.91 Å². The molecule has 0 aliphatic carbocycles. The number of carbonyl (C=O) groups excluding carboxylic acids is 1. The summed E-state index contributed by atoms with van der Waals surface area (Å²) in [6, 6.07) is 7.27. The van der Waals surface area contributed by atoms with Gasteiger partial charge < -0.3 is 16.2 Å². The van der Waals surface area contributed by atoms with E-state index < -0.39 is 5.91 Å². The molecule has 0 fully saturated rings. The first-order valence-electron chi connectivity index (χ1n) is 6.59. The van der Waals surface area contributed by atoms with E-state index >= 15 is 0 Å². The molecule has 0 aliphatic rings. The van der Waals surface area contributed by atoms with Gasteiger partial charge in [0.15, 0.2) is 0 Å². The molecule has 1 aromatic carbocycles. The Morgan fingerprint density at radius 3 is 2.52 bits per heavy atom. The zero-order chi connectivity index (χ0) is 15.8. The fourth-order valence-corrected chi connectivity index (χ4v) is 2.16. The molecule has 0 atom stereocenters. The third-order valence-electron chi connectivity index (χ3n) is 3.15. The number of aromatic nitrogens is 2. The van der Waals surface area contributed by atoms with Crippen molar-refractivity contribution in [1.82, 2.24) is 9.78 Å². The van der Waals surface area contributed by atoms with E-state index in [1.807, 2.05) is 39.0 Å². The number of primary amides is 1. The van der Waals surface area contributed by atoms with E-state index in [0.29, 0.717) is 11.4 Å². The van der Waals surface area contributed by atoms with Crippen molar-refractivity contribution in [3.63, 3.8) is 0 Å². The van der Waals surface area contributed by atoms with E-state index in [-0.39, 0.29) is 16.9 Å². The second-order valence-electron chi connectivity index (χ2n) is 5.79.